The van der Waals surface area contributed by atoms with Crippen LogP contribution < -0.4 is 20.1 Å². The van der Waals surface area contributed by atoms with Crippen LogP contribution >= 0.6 is 0 Å². The maximum absolute atomic E-state index is 11.7. The van der Waals surface area contributed by atoms with Crippen molar-refractivity contribution in [1.82, 2.24) is 10.6 Å². The second-order valence-electron chi connectivity index (χ2n) is 16.3. The fourth-order valence-electron chi connectivity index (χ4n) is 8.31. The molecule has 4 N–H and O–H groups in total. The van der Waals surface area contributed by atoms with Crippen LogP contribution in [0.2, 0.25) is 0 Å². The van der Waals surface area contributed by atoms with Gasteiger partial charge in [0.05, 0.1) is 0 Å². The highest BCUT2D eigenvalue weighted by molar-refractivity contribution is 5.77. The third-order valence-corrected chi connectivity index (χ3v) is 11.7. The molecular weight excluding hydrogens is 729 g/mol. The minimum atomic E-state index is 0.0781. The molecule has 0 aromatic heterocycles. The van der Waals surface area contributed by atoms with Gasteiger partial charge in [0.2, 0.25) is 0 Å². The largest absolute Gasteiger partial charge is 0.507 e. The fourth-order valence-corrected chi connectivity index (χ4v) is 8.31. The zero-order valence-corrected chi connectivity index (χ0v) is 36.2. The van der Waals surface area contributed by atoms with Crippen LogP contribution in [0.5, 0.6) is 23.0 Å². The third-order valence-electron chi connectivity index (χ3n) is 11.7. The molecule has 0 fully saturated rings. The Kier molecular flexibility index (Phi) is 14.5. The van der Waals surface area contributed by atoms with Gasteiger partial charge in [-0.2, -0.15) is 0 Å². The van der Waals surface area contributed by atoms with E-state index in [1.165, 1.54) is 44.5 Å². The molecule has 0 aliphatic heterocycles. The van der Waals surface area contributed by atoms with Crippen LogP contribution in [0.15, 0.2) is 109 Å². The van der Waals surface area contributed by atoms with Gasteiger partial charge in [-0.3, -0.25) is 0 Å². The van der Waals surface area contributed by atoms with E-state index in [4.69, 9.17) is 9.47 Å². The Balaban J connectivity index is 1.13. The molecule has 6 rings (SSSR count). The molecule has 0 heterocycles. The predicted molar refractivity (Wildman–Crippen MR) is 244 cm³/mol. The van der Waals surface area contributed by atoms with E-state index < -0.39 is 0 Å². The molecule has 6 nitrogen and oxygen atoms in total. The van der Waals surface area contributed by atoms with Gasteiger partial charge in [0.1, 0.15) is 36.2 Å². The van der Waals surface area contributed by atoms with Gasteiger partial charge < -0.3 is 30.3 Å². The van der Waals surface area contributed by atoms with Crippen LogP contribution in [0.4, 0.5) is 0 Å². The van der Waals surface area contributed by atoms with Crippen molar-refractivity contribution in [3.05, 3.63) is 165 Å². The van der Waals surface area contributed by atoms with E-state index in [1.54, 1.807) is 0 Å². The monoisotopic (exact) mass is 790 g/mol. The summed E-state index contributed by atoms with van der Waals surface area (Å²) in [6.45, 7) is 19.1. The van der Waals surface area contributed by atoms with E-state index in [9.17, 15) is 10.2 Å². The Hall–Kier alpha value is -5.56. The van der Waals surface area contributed by atoms with Gasteiger partial charge in [-0.25, -0.2) is 0 Å². The first-order chi connectivity index (χ1) is 28.4. The summed E-state index contributed by atoms with van der Waals surface area (Å²) in [7, 11) is 0. The minimum Gasteiger partial charge on any atom is -0.507 e. The van der Waals surface area contributed by atoms with Crippen LogP contribution in [-0.4, -0.2) is 22.3 Å². The summed E-state index contributed by atoms with van der Waals surface area (Å²) in [4.78, 5) is 0. The SMILES string of the molecule is CCCC[C@H](NCc1cccc(-c2ccccc2OCc2c(C)cc(C)cc2C)c1O)C(C)NCc1cccc(-c2ccccc2OCc2c(C)cc(C)cc2C)c1O. The molecule has 0 saturated carbocycles. The summed E-state index contributed by atoms with van der Waals surface area (Å²) in [5, 5.41) is 30.8. The molecule has 0 radical (unpaired) electrons. The number of aryl methyl sites for hydroxylation is 6. The fraction of sp³-hybridized carbons (Fsp3) is 0.321. The number of phenolic OH excluding ortho intramolecular Hbond substituents is 2. The average Bonchev–Trinajstić information content (AvgIpc) is 3.20. The van der Waals surface area contributed by atoms with Crippen LogP contribution in [-0.2, 0) is 26.3 Å². The van der Waals surface area contributed by atoms with Crippen LogP contribution in [0, 0.1) is 41.5 Å². The highest BCUT2D eigenvalue weighted by Gasteiger charge is 2.21. The number of hydrogen-bond donors (Lipinski definition) is 4. The number of ether oxygens (including phenoxy) is 2. The number of para-hydroxylation sites is 4. The second-order valence-corrected chi connectivity index (χ2v) is 16.3. The van der Waals surface area contributed by atoms with Gasteiger partial charge in [-0.05, 0) is 100 Å². The minimum absolute atomic E-state index is 0.0781. The van der Waals surface area contributed by atoms with E-state index in [1.807, 2.05) is 84.9 Å². The van der Waals surface area contributed by atoms with Gasteiger partial charge in [0.15, 0.2) is 0 Å². The highest BCUT2D eigenvalue weighted by Crippen LogP contribution is 2.40. The van der Waals surface area contributed by atoms with Gasteiger partial charge in [0.25, 0.3) is 0 Å². The number of benzene rings is 6. The molecule has 6 aromatic rings. The van der Waals surface area contributed by atoms with Crippen molar-refractivity contribution in [2.45, 2.75) is 113 Å². The van der Waals surface area contributed by atoms with E-state index >= 15 is 0 Å². The maximum atomic E-state index is 11.7. The number of aromatic hydroxyl groups is 2. The Labute approximate surface area is 352 Å². The lowest BCUT2D eigenvalue weighted by Gasteiger charge is -2.27. The summed E-state index contributed by atoms with van der Waals surface area (Å²) in [5.41, 5.74) is 14.6. The molecule has 0 spiro atoms. The quantitative estimate of drug-likeness (QED) is 0.0694. The maximum Gasteiger partial charge on any atom is 0.128 e. The number of unbranched alkanes of at least 4 members (excludes halogenated alkanes) is 1. The van der Waals surface area contributed by atoms with Gasteiger partial charge in [-0.1, -0.05) is 128 Å². The normalized spacial score (nSPS) is 12.3. The summed E-state index contributed by atoms with van der Waals surface area (Å²) in [5.74, 6) is 1.98. The summed E-state index contributed by atoms with van der Waals surface area (Å²) in [6.07, 6.45) is 3.12. The molecule has 6 aromatic carbocycles. The highest BCUT2D eigenvalue weighted by atomic mass is 16.5. The lowest BCUT2D eigenvalue weighted by molar-refractivity contribution is 0.305. The third kappa shape index (κ3) is 10.6. The first-order valence-corrected chi connectivity index (χ1v) is 21.1. The molecule has 59 heavy (non-hydrogen) atoms. The molecule has 1 unspecified atom stereocenters. The Morgan fingerprint density at radius 2 is 0.932 bits per heavy atom. The van der Waals surface area contributed by atoms with Gasteiger partial charge >= 0.3 is 0 Å². The standard InChI is InChI=1S/C53H62N2O4/c1-9-10-23-49(55-31-42-18-16-22-46(53(42)57)44-20-12-14-25-51(44)59-33-48-38(6)28-35(3)29-39(48)7)40(8)54-30-41-17-15-21-45(52(41)56)43-19-11-13-24-50(43)58-32-47-36(4)26-34(2)27-37(47)5/h11-22,24-29,40,49,54-57H,9-10,23,30-33H2,1-8H3/t40?,49-/m0/s1. The van der Waals surface area contributed by atoms with Crippen LogP contribution in [0.25, 0.3) is 22.3 Å². The van der Waals surface area contributed by atoms with Gasteiger partial charge in [-0.15, -0.1) is 0 Å². The predicted octanol–water partition coefficient (Wildman–Crippen LogP) is 12.3. The van der Waals surface area contributed by atoms with Crippen molar-refractivity contribution in [1.29, 1.82) is 0 Å². The number of rotatable bonds is 18. The zero-order chi connectivity index (χ0) is 42.1. The van der Waals surface area contributed by atoms with Crippen molar-refractivity contribution in [2.75, 3.05) is 0 Å². The van der Waals surface area contributed by atoms with Gasteiger partial charge in [0, 0.05) is 58.6 Å². The van der Waals surface area contributed by atoms with E-state index in [2.05, 4.69) is 90.3 Å². The smallest absolute Gasteiger partial charge is 0.128 e. The first-order valence-electron chi connectivity index (χ1n) is 21.1. The summed E-state index contributed by atoms with van der Waals surface area (Å²) in [6, 6.07) is 36.7. The molecule has 0 aliphatic carbocycles. The Bertz CT molecular complexity index is 2320. The zero-order valence-electron chi connectivity index (χ0n) is 36.2. The average molecular weight is 791 g/mol. The first kappa shape index (κ1) is 43.0. The molecule has 2 atom stereocenters. The van der Waals surface area contributed by atoms with E-state index in [0.29, 0.717) is 26.3 Å². The molecule has 6 heteroatoms. The van der Waals surface area contributed by atoms with Crippen molar-refractivity contribution >= 4 is 0 Å². The lowest BCUT2D eigenvalue weighted by atomic mass is 9.98. The molecule has 308 valence electrons. The molecule has 0 amide bonds. The Morgan fingerprint density at radius 1 is 0.525 bits per heavy atom. The molecule has 0 saturated heterocycles. The number of nitrogens with one attached hydrogen (secondary N) is 2. The van der Waals surface area contributed by atoms with Crippen molar-refractivity contribution < 1.29 is 19.7 Å². The van der Waals surface area contributed by atoms with E-state index in [-0.39, 0.29) is 23.6 Å². The van der Waals surface area contributed by atoms with Crippen molar-refractivity contribution in [3.8, 4) is 45.3 Å². The van der Waals surface area contributed by atoms with Crippen molar-refractivity contribution in [2.24, 2.45) is 0 Å². The molecule has 0 bridgehead atoms. The topological polar surface area (TPSA) is 83.0 Å². The molecular formula is C53H62N2O4. The number of phenols is 2. The summed E-state index contributed by atoms with van der Waals surface area (Å²) >= 11 is 0. The number of hydrogen-bond acceptors (Lipinski definition) is 6. The van der Waals surface area contributed by atoms with Crippen molar-refractivity contribution in [3.63, 3.8) is 0 Å². The second kappa shape index (κ2) is 19.9. The van der Waals surface area contributed by atoms with E-state index in [0.717, 1.165) is 64.1 Å². The molecule has 0 aliphatic rings. The van der Waals surface area contributed by atoms with Crippen LogP contribution in [0.3, 0.4) is 0 Å². The lowest BCUT2D eigenvalue weighted by Crippen LogP contribution is -2.45. The summed E-state index contributed by atoms with van der Waals surface area (Å²) < 4.78 is 12.9. The van der Waals surface area contributed by atoms with Crippen LogP contribution in [0.1, 0.15) is 88.7 Å². The Morgan fingerprint density at radius 3 is 1.37 bits per heavy atom.